The normalized spacial score (nSPS) is 12.0. The molecule has 1 aromatic carbocycles. The first-order chi connectivity index (χ1) is 11.4. The summed E-state index contributed by atoms with van der Waals surface area (Å²) in [6, 6.07) is 3.82. The molecule has 0 unspecified atom stereocenters. The summed E-state index contributed by atoms with van der Waals surface area (Å²) in [6.07, 6.45) is -6.21. The molecule has 1 rings (SSSR count). The first-order valence-corrected chi connectivity index (χ1v) is 7.72. The summed E-state index contributed by atoms with van der Waals surface area (Å²) in [5.41, 5.74) is -0.274. The molecule has 0 aromatic heterocycles. The van der Waals surface area contributed by atoms with Crippen LogP contribution in [-0.2, 0) is 20.7 Å². The van der Waals surface area contributed by atoms with Gasteiger partial charge < -0.3 is 10.1 Å². The fourth-order valence-corrected chi connectivity index (χ4v) is 1.93. The summed E-state index contributed by atoms with van der Waals surface area (Å²) in [5, 5.41) is 2.12. The highest BCUT2D eigenvalue weighted by molar-refractivity contribution is 5.90. The second-order valence-electron chi connectivity index (χ2n) is 6.56. The van der Waals surface area contributed by atoms with Crippen LogP contribution in [0.1, 0.15) is 45.6 Å². The molecule has 0 atom stereocenters. The van der Waals surface area contributed by atoms with E-state index in [4.69, 9.17) is 4.74 Å². The molecule has 0 bridgehead atoms. The number of amides is 1. The lowest BCUT2D eigenvalue weighted by Crippen LogP contribution is -2.24. The van der Waals surface area contributed by atoms with Crippen LogP contribution in [0.3, 0.4) is 0 Å². The van der Waals surface area contributed by atoms with Crippen LogP contribution in [0.5, 0.6) is 0 Å². The molecule has 1 amide bonds. The van der Waals surface area contributed by atoms with Gasteiger partial charge in [-0.3, -0.25) is 9.59 Å². The summed E-state index contributed by atoms with van der Waals surface area (Å²) < 4.78 is 55.1. The number of hydrogen-bond donors (Lipinski definition) is 1. The van der Waals surface area contributed by atoms with Crippen molar-refractivity contribution in [1.82, 2.24) is 0 Å². The Morgan fingerprint density at radius 2 is 1.76 bits per heavy atom. The monoisotopic (exact) mass is 363 g/mol. The number of anilines is 1. The van der Waals surface area contributed by atoms with E-state index in [2.05, 4.69) is 5.32 Å². The molecule has 4 nitrogen and oxygen atoms in total. The summed E-state index contributed by atoms with van der Waals surface area (Å²) in [4.78, 5) is 23.2. The van der Waals surface area contributed by atoms with Crippen molar-refractivity contribution in [1.29, 1.82) is 0 Å². The van der Waals surface area contributed by atoms with Gasteiger partial charge in [0, 0.05) is 12.8 Å². The Labute approximate surface area is 143 Å². The van der Waals surface area contributed by atoms with Gasteiger partial charge in [-0.15, -0.1) is 0 Å². The number of halogens is 4. The molecule has 0 aliphatic carbocycles. The summed E-state index contributed by atoms with van der Waals surface area (Å²) in [7, 11) is 0. The number of alkyl halides is 3. The predicted octanol–water partition coefficient (Wildman–Crippen LogP) is 4.38. The second-order valence-corrected chi connectivity index (χ2v) is 6.56. The molecule has 0 aliphatic heterocycles. The molecule has 0 saturated carbocycles. The molecule has 1 aromatic rings. The Balaban J connectivity index is 2.64. The van der Waals surface area contributed by atoms with Crippen LogP contribution >= 0.6 is 0 Å². The average Bonchev–Trinajstić information content (AvgIpc) is 2.43. The number of esters is 1. The standard InChI is InChI=1S/C17H21F4NO3/c1-16(2,3)25-15(24)7-5-11-4-6-12(18)13(10-11)22-14(23)8-9-17(19,20)21/h4,6,10H,5,7-9H2,1-3H3,(H,22,23). The van der Waals surface area contributed by atoms with E-state index in [1.165, 1.54) is 12.1 Å². The van der Waals surface area contributed by atoms with Gasteiger partial charge in [-0.1, -0.05) is 6.07 Å². The van der Waals surface area contributed by atoms with Gasteiger partial charge in [0.05, 0.1) is 12.1 Å². The topological polar surface area (TPSA) is 55.4 Å². The quantitative estimate of drug-likeness (QED) is 0.603. The zero-order valence-electron chi connectivity index (χ0n) is 14.3. The highest BCUT2D eigenvalue weighted by Gasteiger charge is 2.28. The Bertz CT molecular complexity index is 621. The number of benzene rings is 1. The summed E-state index contributed by atoms with van der Waals surface area (Å²) in [6.45, 7) is 5.20. The van der Waals surface area contributed by atoms with Crippen LogP contribution < -0.4 is 5.32 Å². The fraction of sp³-hybridized carbons (Fsp3) is 0.529. The van der Waals surface area contributed by atoms with Crippen molar-refractivity contribution in [3.63, 3.8) is 0 Å². The lowest BCUT2D eigenvalue weighted by molar-refractivity contribution is -0.154. The van der Waals surface area contributed by atoms with Crippen molar-refractivity contribution in [3.05, 3.63) is 29.6 Å². The third-order valence-corrected chi connectivity index (χ3v) is 2.98. The molecule has 0 aliphatic rings. The minimum atomic E-state index is -4.45. The van der Waals surface area contributed by atoms with Gasteiger partial charge in [0.25, 0.3) is 0 Å². The van der Waals surface area contributed by atoms with Gasteiger partial charge >= 0.3 is 12.1 Å². The molecule has 140 valence electrons. The van der Waals surface area contributed by atoms with Gasteiger partial charge in [-0.25, -0.2) is 4.39 Å². The van der Waals surface area contributed by atoms with Gasteiger partial charge in [-0.05, 0) is 44.9 Å². The molecule has 0 heterocycles. The Morgan fingerprint density at radius 3 is 2.32 bits per heavy atom. The van der Waals surface area contributed by atoms with E-state index in [9.17, 15) is 27.2 Å². The largest absolute Gasteiger partial charge is 0.460 e. The maximum Gasteiger partial charge on any atom is 0.389 e. The molecule has 0 spiro atoms. The number of carbonyl (C=O) groups excluding carboxylic acids is 2. The zero-order valence-corrected chi connectivity index (χ0v) is 14.3. The van der Waals surface area contributed by atoms with Crippen molar-refractivity contribution in [2.75, 3.05) is 5.32 Å². The highest BCUT2D eigenvalue weighted by Crippen LogP contribution is 2.23. The lowest BCUT2D eigenvalue weighted by atomic mass is 10.1. The smallest absolute Gasteiger partial charge is 0.389 e. The fourth-order valence-electron chi connectivity index (χ4n) is 1.93. The molecule has 1 N–H and O–H groups in total. The van der Waals surface area contributed by atoms with Crippen LogP contribution in [0.25, 0.3) is 0 Å². The molecule has 0 fully saturated rings. The molecule has 8 heteroatoms. The molecular formula is C17H21F4NO3. The third kappa shape index (κ3) is 9.07. The number of nitrogens with one attached hydrogen (secondary N) is 1. The molecular weight excluding hydrogens is 342 g/mol. The first kappa shape index (κ1) is 20.9. The maximum absolute atomic E-state index is 13.7. The molecule has 0 radical (unpaired) electrons. The van der Waals surface area contributed by atoms with E-state index in [0.717, 1.165) is 6.07 Å². The minimum absolute atomic E-state index is 0.0599. The first-order valence-electron chi connectivity index (χ1n) is 7.72. The van der Waals surface area contributed by atoms with Crippen LogP contribution in [-0.4, -0.2) is 23.7 Å². The van der Waals surface area contributed by atoms with Gasteiger partial charge in [-0.2, -0.15) is 13.2 Å². The van der Waals surface area contributed by atoms with Crippen molar-refractivity contribution < 1.29 is 31.9 Å². The van der Waals surface area contributed by atoms with Crippen LogP contribution in [0, 0.1) is 5.82 Å². The van der Waals surface area contributed by atoms with Crippen molar-refractivity contribution >= 4 is 17.6 Å². The van der Waals surface area contributed by atoms with E-state index in [1.807, 2.05) is 0 Å². The third-order valence-electron chi connectivity index (χ3n) is 2.98. The second kappa shape index (κ2) is 8.31. The van der Waals surface area contributed by atoms with E-state index in [1.54, 1.807) is 20.8 Å². The average molecular weight is 363 g/mol. The lowest BCUT2D eigenvalue weighted by Gasteiger charge is -2.19. The van der Waals surface area contributed by atoms with Crippen LogP contribution in [0.4, 0.5) is 23.2 Å². The number of carbonyl (C=O) groups is 2. The Morgan fingerprint density at radius 1 is 1.12 bits per heavy atom. The zero-order chi connectivity index (χ0) is 19.3. The van der Waals surface area contributed by atoms with Crippen molar-refractivity contribution in [2.45, 2.75) is 58.2 Å². The van der Waals surface area contributed by atoms with Gasteiger partial charge in [0.1, 0.15) is 11.4 Å². The minimum Gasteiger partial charge on any atom is -0.460 e. The molecule has 25 heavy (non-hydrogen) atoms. The van der Waals surface area contributed by atoms with E-state index in [0.29, 0.717) is 5.56 Å². The Hall–Kier alpha value is -2.12. The maximum atomic E-state index is 13.7. The number of hydrogen-bond acceptors (Lipinski definition) is 3. The van der Waals surface area contributed by atoms with Gasteiger partial charge in [0.15, 0.2) is 0 Å². The van der Waals surface area contributed by atoms with Crippen molar-refractivity contribution in [2.24, 2.45) is 0 Å². The van der Waals surface area contributed by atoms with Crippen molar-refractivity contribution in [3.8, 4) is 0 Å². The van der Waals surface area contributed by atoms with Crippen LogP contribution in [0.15, 0.2) is 18.2 Å². The van der Waals surface area contributed by atoms with E-state index in [-0.39, 0.29) is 18.5 Å². The number of ether oxygens (including phenoxy) is 1. The SMILES string of the molecule is CC(C)(C)OC(=O)CCc1ccc(F)c(NC(=O)CCC(F)(F)F)c1. The number of aryl methyl sites for hydroxylation is 1. The predicted molar refractivity (Wildman–Crippen MR) is 84.5 cm³/mol. The highest BCUT2D eigenvalue weighted by atomic mass is 19.4. The number of rotatable bonds is 6. The van der Waals surface area contributed by atoms with E-state index < -0.39 is 42.3 Å². The Kier molecular flexibility index (Phi) is 6.96. The summed E-state index contributed by atoms with van der Waals surface area (Å²) in [5.74, 6) is -2.12. The summed E-state index contributed by atoms with van der Waals surface area (Å²) >= 11 is 0. The van der Waals surface area contributed by atoms with Gasteiger partial charge in [0.2, 0.25) is 5.91 Å². The van der Waals surface area contributed by atoms with E-state index >= 15 is 0 Å². The van der Waals surface area contributed by atoms with Crippen LogP contribution in [0.2, 0.25) is 0 Å². The molecule has 0 saturated heterocycles.